The molecule has 5 rings (SSSR count). The molecule has 3 N–H and O–H groups in total. The highest BCUT2D eigenvalue weighted by Crippen LogP contribution is 2.48. The number of methoxy groups -OCH3 is 2. The molecule has 3 aromatic carbocycles. The Balaban J connectivity index is 0.000000550. The number of aliphatic hydroxyl groups is 1. The lowest BCUT2D eigenvalue weighted by Gasteiger charge is -2.38. The number of nitrogens with one attached hydrogen (secondary N) is 1. The maximum atomic E-state index is 12.3. The Hall–Kier alpha value is -3.87. The summed E-state index contributed by atoms with van der Waals surface area (Å²) in [4.78, 5) is 26.1. The fourth-order valence-corrected chi connectivity index (χ4v) is 4.96. The van der Waals surface area contributed by atoms with E-state index in [0.29, 0.717) is 12.8 Å². The van der Waals surface area contributed by atoms with Crippen molar-refractivity contribution in [2.24, 2.45) is 0 Å². The molecule has 0 aliphatic carbocycles. The first-order chi connectivity index (χ1) is 22.8. The van der Waals surface area contributed by atoms with Crippen LogP contribution in [-0.2, 0) is 15.1 Å². The SMILES string of the molecule is CC(C)(C)S(C)(C)O.CO.COc1ccc(C(OCC2CCC(n3ccc(=O)[nH]c3=O)O2)(c2ccccc2)c2ccc(OC)cc2)cc1. The third-order valence-electron chi connectivity index (χ3n) is 8.40. The van der Waals surface area contributed by atoms with Gasteiger partial charge in [0.2, 0.25) is 0 Å². The summed E-state index contributed by atoms with van der Waals surface area (Å²) in [7, 11) is 2.94. The Morgan fingerprint density at radius 2 is 1.29 bits per heavy atom. The molecule has 11 heteroatoms. The maximum absolute atomic E-state index is 12.3. The predicted molar refractivity (Wildman–Crippen MR) is 193 cm³/mol. The van der Waals surface area contributed by atoms with Gasteiger partial charge in [0.15, 0.2) is 0 Å². The number of benzene rings is 3. The number of hydrogen-bond acceptors (Lipinski definition) is 8. The summed E-state index contributed by atoms with van der Waals surface area (Å²) in [6, 6.07) is 27.1. The number of aromatic amines is 1. The van der Waals surface area contributed by atoms with E-state index in [0.717, 1.165) is 35.3 Å². The molecule has 0 amide bonds. The minimum Gasteiger partial charge on any atom is -0.497 e. The lowest BCUT2D eigenvalue weighted by Crippen LogP contribution is -2.36. The molecule has 4 aromatic rings. The normalized spacial score (nSPS) is 16.5. The van der Waals surface area contributed by atoms with E-state index in [9.17, 15) is 14.1 Å². The number of aliphatic hydroxyl groups excluding tert-OH is 1. The van der Waals surface area contributed by atoms with E-state index >= 15 is 0 Å². The summed E-state index contributed by atoms with van der Waals surface area (Å²) < 4.78 is 34.9. The first-order valence-corrected chi connectivity index (χ1v) is 18.0. The van der Waals surface area contributed by atoms with Crippen LogP contribution in [0.25, 0.3) is 0 Å². The van der Waals surface area contributed by atoms with Gasteiger partial charge < -0.3 is 28.6 Å². The van der Waals surface area contributed by atoms with Gasteiger partial charge >= 0.3 is 5.69 Å². The molecule has 0 saturated carbocycles. The minimum absolute atomic E-state index is 0.0764. The van der Waals surface area contributed by atoms with Crippen LogP contribution in [0, 0.1) is 0 Å². The third kappa shape index (κ3) is 9.39. The van der Waals surface area contributed by atoms with E-state index in [-0.39, 0.29) is 17.5 Å². The third-order valence-corrected chi connectivity index (χ3v) is 11.4. The Morgan fingerprint density at radius 3 is 1.73 bits per heavy atom. The van der Waals surface area contributed by atoms with Gasteiger partial charge in [0.05, 0.1) is 26.9 Å². The minimum atomic E-state index is -1.34. The van der Waals surface area contributed by atoms with Crippen molar-refractivity contribution in [3.05, 3.63) is 129 Å². The lowest BCUT2D eigenvalue weighted by molar-refractivity contribution is -0.0774. The van der Waals surface area contributed by atoms with Crippen LogP contribution in [0.5, 0.6) is 11.5 Å². The average Bonchev–Trinajstić information content (AvgIpc) is 3.55. The fraction of sp³-hybridized carbons (Fsp3) is 0.405. The number of aromatic nitrogens is 2. The van der Waals surface area contributed by atoms with Crippen LogP contribution in [0.15, 0.2) is 101 Å². The summed E-state index contributed by atoms with van der Waals surface area (Å²) in [5.41, 5.74) is 0.953. The highest BCUT2D eigenvalue weighted by atomic mass is 32.3. The Kier molecular flexibility index (Phi) is 13.7. The van der Waals surface area contributed by atoms with Crippen LogP contribution >= 0.6 is 10.3 Å². The quantitative estimate of drug-likeness (QED) is 0.179. The van der Waals surface area contributed by atoms with Crippen LogP contribution in [0.1, 0.15) is 56.5 Å². The summed E-state index contributed by atoms with van der Waals surface area (Å²) in [5.74, 6) is 1.50. The van der Waals surface area contributed by atoms with Crippen LogP contribution in [-0.4, -0.2) is 70.5 Å². The molecule has 1 aliphatic heterocycles. The molecule has 1 fully saturated rings. The summed E-state index contributed by atoms with van der Waals surface area (Å²) in [6.07, 6.45) is 5.90. The van der Waals surface area contributed by atoms with Gasteiger partial charge in [-0.25, -0.2) is 4.79 Å². The first-order valence-electron chi connectivity index (χ1n) is 15.6. The van der Waals surface area contributed by atoms with Gasteiger partial charge in [-0.05, 0) is 66.3 Å². The van der Waals surface area contributed by atoms with E-state index in [4.69, 9.17) is 24.1 Å². The highest BCUT2D eigenvalue weighted by Gasteiger charge is 2.39. The van der Waals surface area contributed by atoms with Crippen molar-refractivity contribution in [1.82, 2.24) is 9.55 Å². The van der Waals surface area contributed by atoms with Gasteiger partial charge in [-0.15, -0.1) is 10.3 Å². The van der Waals surface area contributed by atoms with E-state index < -0.39 is 33.4 Å². The summed E-state index contributed by atoms with van der Waals surface area (Å²) in [6.45, 7) is 6.45. The lowest BCUT2D eigenvalue weighted by atomic mass is 9.80. The second-order valence-corrected chi connectivity index (χ2v) is 16.3. The smallest absolute Gasteiger partial charge is 0.330 e. The van der Waals surface area contributed by atoms with Crippen molar-refractivity contribution in [3.8, 4) is 11.5 Å². The molecule has 262 valence electrons. The number of rotatable bonds is 9. The van der Waals surface area contributed by atoms with Crippen molar-refractivity contribution in [2.45, 2.75) is 56.3 Å². The Labute approximate surface area is 284 Å². The molecular formula is C37H50N2O8S. The van der Waals surface area contributed by atoms with Crippen LogP contribution < -0.4 is 20.7 Å². The molecule has 48 heavy (non-hydrogen) atoms. The molecule has 1 aromatic heterocycles. The Morgan fingerprint density at radius 1 is 0.812 bits per heavy atom. The molecule has 1 saturated heterocycles. The average molecular weight is 683 g/mol. The zero-order valence-corrected chi connectivity index (χ0v) is 30.0. The molecule has 10 nitrogen and oxygen atoms in total. The number of ether oxygens (including phenoxy) is 4. The van der Waals surface area contributed by atoms with Crippen LogP contribution in [0.2, 0.25) is 0 Å². The molecule has 1 aliphatic rings. The van der Waals surface area contributed by atoms with Crippen molar-refractivity contribution in [3.63, 3.8) is 0 Å². The largest absolute Gasteiger partial charge is 0.497 e. The van der Waals surface area contributed by atoms with Crippen molar-refractivity contribution >= 4 is 10.3 Å². The summed E-state index contributed by atoms with van der Waals surface area (Å²) >= 11 is 0. The van der Waals surface area contributed by atoms with E-state index in [1.807, 2.05) is 91.4 Å². The molecule has 2 unspecified atom stereocenters. The Bertz CT molecular complexity index is 1600. The summed E-state index contributed by atoms with van der Waals surface area (Å²) in [5, 5.41) is 7.00. The first kappa shape index (κ1) is 38.6. The fourth-order valence-electron chi connectivity index (χ4n) is 4.96. The number of nitrogens with zero attached hydrogens (tertiary/aromatic N) is 1. The van der Waals surface area contributed by atoms with Crippen molar-refractivity contribution < 1.29 is 28.6 Å². The molecule has 2 atom stereocenters. The molecular weight excluding hydrogens is 632 g/mol. The van der Waals surface area contributed by atoms with Crippen LogP contribution in [0.4, 0.5) is 0 Å². The molecule has 0 radical (unpaired) electrons. The zero-order chi connectivity index (χ0) is 35.5. The molecule has 0 bridgehead atoms. The van der Waals surface area contributed by atoms with Gasteiger partial charge in [-0.2, -0.15) is 0 Å². The predicted octanol–water partition coefficient (Wildman–Crippen LogP) is 6.17. The van der Waals surface area contributed by atoms with Gasteiger partial charge in [-0.3, -0.25) is 14.3 Å². The zero-order valence-electron chi connectivity index (χ0n) is 29.1. The van der Waals surface area contributed by atoms with Crippen LogP contribution in [0.3, 0.4) is 0 Å². The second-order valence-electron chi connectivity index (χ2n) is 12.5. The topological polar surface area (TPSA) is 132 Å². The molecule has 0 spiro atoms. The van der Waals surface area contributed by atoms with Gasteiger partial charge in [-0.1, -0.05) is 75.4 Å². The number of hydrogen-bond donors (Lipinski definition) is 3. The number of H-pyrrole nitrogens is 1. The van der Waals surface area contributed by atoms with Gasteiger partial charge in [0, 0.05) is 24.1 Å². The van der Waals surface area contributed by atoms with Gasteiger partial charge in [0.1, 0.15) is 23.3 Å². The maximum Gasteiger partial charge on any atom is 0.330 e. The van der Waals surface area contributed by atoms with Crippen molar-refractivity contribution in [2.75, 3.05) is 40.4 Å². The standard InChI is InChI=1S/C30H30N2O6.C6H16OS.CH4O/c1-35-24-12-8-22(9-13-24)30(21-6-4-3-5-7-21,23-10-14-25(36-2)15-11-23)37-20-26-16-17-28(38-26)32-19-18-27(33)31-29(32)34;1-6(2,3)8(4,5)7;1-2/h3-15,18-19,26,28H,16-17,20H2,1-2H3,(H,31,33,34);7H,1-5H3;2H,1H3. The van der Waals surface area contributed by atoms with Crippen molar-refractivity contribution in [1.29, 1.82) is 0 Å². The second kappa shape index (κ2) is 17.0. The molecule has 2 heterocycles. The van der Waals surface area contributed by atoms with Gasteiger partial charge in [0.25, 0.3) is 5.56 Å². The van der Waals surface area contributed by atoms with E-state index in [2.05, 4.69) is 25.8 Å². The monoisotopic (exact) mass is 682 g/mol. The highest BCUT2D eigenvalue weighted by molar-refractivity contribution is 8.29. The van der Waals surface area contributed by atoms with E-state index in [1.54, 1.807) is 14.2 Å². The van der Waals surface area contributed by atoms with E-state index in [1.165, 1.54) is 16.8 Å².